The van der Waals surface area contributed by atoms with Crippen LogP contribution in [0.2, 0.25) is 0 Å². The van der Waals surface area contributed by atoms with Gasteiger partial charge in [0.2, 0.25) is 5.36 Å². The van der Waals surface area contributed by atoms with Crippen molar-refractivity contribution in [3.8, 4) is 0 Å². The minimum absolute atomic E-state index is 0.0171. The number of rotatable bonds is 12. The first-order valence-corrected chi connectivity index (χ1v) is 27.1. The van der Waals surface area contributed by atoms with E-state index < -0.39 is 64.1 Å². The molecule has 1 amide bonds. The van der Waals surface area contributed by atoms with Crippen LogP contribution in [0.4, 0.5) is 5.69 Å². The van der Waals surface area contributed by atoms with Crippen LogP contribution in [-0.2, 0) is 58.2 Å². The molecule has 22 heteroatoms. The number of nitrogens with zero attached hydrogens (tertiary/aromatic N) is 3. The molecule has 0 spiro atoms. The summed E-state index contributed by atoms with van der Waals surface area (Å²) < 4.78 is 124. The molecule has 71 heavy (non-hydrogen) atoms. The van der Waals surface area contributed by atoms with Gasteiger partial charge < -0.3 is 14.9 Å². The first-order chi connectivity index (χ1) is 32.7. The highest BCUT2D eigenvalue weighted by Crippen LogP contribution is 2.48. The monoisotopic (exact) mass is 1050 g/mol. The zero-order valence-corrected chi connectivity index (χ0v) is 43.8. The first-order valence-electron chi connectivity index (χ1n) is 22.1. The van der Waals surface area contributed by atoms with E-state index in [1.807, 2.05) is 42.7 Å². The zero-order chi connectivity index (χ0) is 53.3. The zero-order valence-electron chi connectivity index (χ0n) is 40.5. The summed E-state index contributed by atoms with van der Waals surface area (Å²) in [6.07, 6.45) is 4.21. The highest BCUT2D eigenvalue weighted by molar-refractivity contribution is 7.86. The van der Waals surface area contributed by atoms with Crippen LogP contribution in [0.1, 0.15) is 118 Å². The van der Waals surface area contributed by atoms with Crippen LogP contribution in [0.3, 0.4) is 0 Å². The average molecular weight is 1060 g/mol. The molecule has 0 saturated heterocycles. The summed E-state index contributed by atoms with van der Waals surface area (Å²) in [5.41, 5.74) is 6.97. The van der Waals surface area contributed by atoms with Crippen LogP contribution in [0.5, 0.6) is 0 Å². The number of likely N-dealkylation sites (N-methyl/N-ethyl adjacent to an activating group) is 1. The van der Waals surface area contributed by atoms with Crippen LogP contribution >= 0.6 is 0 Å². The topological polar surface area (TPSA) is 275 Å². The number of hydrogen-bond acceptors (Lipinski definition) is 13. The Balaban J connectivity index is 0.00000109. The van der Waals surface area contributed by atoms with Gasteiger partial charge in [-0.15, -0.1) is 25.3 Å². The Bertz CT molecular complexity index is 3490. The van der Waals surface area contributed by atoms with Gasteiger partial charge in [0.25, 0.3) is 26.1 Å². The fourth-order valence-electron chi connectivity index (χ4n) is 10.0. The molecule has 0 saturated carbocycles. The molecule has 0 unspecified atom stereocenters. The van der Waals surface area contributed by atoms with E-state index in [2.05, 4.69) is 64.7 Å². The van der Waals surface area contributed by atoms with E-state index in [0.717, 1.165) is 50.9 Å². The van der Waals surface area contributed by atoms with Gasteiger partial charge >= 0.3 is 27.2 Å². The molecule has 1 aliphatic carbocycles. The third kappa shape index (κ3) is 12.3. The Hall–Kier alpha value is -6.17. The van der Waals surface area contributed by atoms with E-state index in [-0.39, 0.29) is 42.3 Å². The van der Waals surface area contributed by atoms with Crippen LogP contribution in [0.15, 0.2) is 89.8 Å². The summed E-state index contributed by atoms with van der Waals surface area (Å²) in [7, 11) is -13.7. The van der Waals surface area contributed by atoms with Crippen molar-refractivity contribution in [1.82, 2.24) is 9.48 Å². The number of carbonyl (C=O) groups is 2. The van der Waals surface area contributed by atoms with Gasteiger partial charge in [-0.1, -0.05) is 56.3 Å². The summed E-state index contributed by atoms with van der Waals surface area (Å²) in [6.45, 7) is 17.6. The molecule has 4 aromatic carbocycles. The van der Waals surface area contributed by atoms with Crippen LogP contribution < -0.4 is 20.1 Å². The van der Waals surface area contributed by atoms with Crippen molar-refractivity contribution in [3.63, 3.8) is 0 Å². The maximum Gasteiger partial charge on any atom is 0.425 e. The molecule has 2 aliphatic heterocycles. The standard InChI is InChI=1S/C49H55N3O9S2.2O3S/c1-10-51-41-24-39-37(22-35(41)30(2)26-47(51,3)4)45(33-17-12-13-18-34(33)46(55)50(9)21-15-20-44(53)54)38-23-36-32(29-62(56,57)58)27-48(5,6)52(42(36)25-40(38)49(39,7)8)28-31-16-11-14-19-43(31)63(59,60)61;2*1-4(2)3/h11-14,16-19,22-27H,10,15,20-21,28-29H2,1-9H3,(H2-,53,54,56,57,58,59,60,61);;/p+1. The predicted octanol–water partition coefficient (Wildman–Crippen LogP) is 4.53. The molecular weight excluding hydrogens is 999 g/mol. The lowest BCUT2D eigenvalue weighted by Gasteiger charge is -2.45. The van der Waals surface area contributed by atoms with Crippen molar-refractivity contribution in [3.05, 3.63) is 140 Å². The van der Waals surface area contributed by atoms with Gasteiger partial charge in [-0.3, -0.25) is 18.7 Å². The Labute approximate surface area is 416 Å². The lowest BCUT2D eigenvalue weighted by atomic mass is 9.67. The summed E-state index contributed by atoms with van der Waals surface area (Å²) in [5.74, 6) is -1.93. The number of aliphatic carboxylic acids is 1. The van der Waals surface area contributed by atoms with Crippen molar-refractivity contribution in [2.75, 3.05) is 30.8 Å². The fraction of sp³-hybridized carbons (Fsp3) is 0.367. The number of hydrogen-bond donors (Lipinski definition) is 3. The minimum Gasteiger partial charge on any atom is -0.481 e. The number of allylic oxidation sites excluding steroid dienone is 1. The molecule has 18 nitrogen and oxygen atoms in total. The first kappa shape index (κ1) is 55.8. The molecule has 7 rings (SSSR count). The molecule has 0 fully saturated rings. The maximum atomic E-state index is 14.5. The molecule has 3 aliphatic rings. The summed E-state index contributed by atoms with van der Waals surface area (Å²) in [4.78, 5) is 29.5. The van der Waals surface area contributed by atoms with Crippen LogP contribution in [-0.4, -0.2) is 110 Å². The van der Waals surface area contributed by atoms with Gasteiger partial charge in [-0.2, -0.15) is 16.8 Å². The lowest BCUT2D eigenvalue weighted by Crippen LogP contribution is -2.51. The summed E-state index contributed by atoms with van der Waals surface area (Å²) in [5, 5.41) is 10.6. The van der Waals surface area contributed by atoms with Crippen molar-refractivity contribution in [2.24, 2.45) is 0 Å². The molecule has 2 heterocycles. The van der Waals surface area contributed by atoms with E-state index in [9.17, 15) is 40.6 Å². The number of carbonyl (C=O) groups excluding carboxylic acids is 1. The molecule has 0 atom stereocenters. The maximum absolute atomic E-state index is 14.5. The van der Waals surface area contributed by atoms with Gasteiger partial charge in [0.05, 0.1) is 11.1 Å². The van der Waals surface area contributed by atoms with Crippen molar-refractivity contribution in [1.29, 1.82) is 0 Å². The Morgan fingerprint density at radius 2 is 1.35 bits per heavy atom. The van der Waals surface area contributed by atoms with Crippen molar-refractivity contribution >= 4 is 75.7 Å². The molecular formula is C49H56N3O15S4+. The molecule has 3 N–H and O–H groups in total. The molecule has 0 aromatic heterocycles. The van der Waals surface area contributed by atoms with E-state index in [1.165, 1.54) is 17.0 Å². The lowest BCUT2D eigenvalue weighted by molar-refractivity contribution is -0.137. The van der Waals surface area contributed by atoms with E-state index >= 15 is 0 Å². The average Bonchev–Trinajstić information content (AvgIpc) is 3.23. The second-order valence-corrected chi connectivity index (χ2v) is 22.6. The number of anilines is 1. The van der Waals surface area contributed by atoms with Gasteiger partial charge in [-0.25, -0.2) is 4.58 Å². The quantitative estimate of drug-likeness (QED) is 0.130. The highest BCUT2D eigenvalue weighted by Gasteiger charge is 2.42. The van der Waals surface area contributed by atoms with E-state index in [0.29, 0.717) is 33.2 Å². The fourth-order valence-corrected chi connectivity index (χ4v) is 11.4. The SMILES string of the molecule is CCN1c2cc3c(cc2C(C)=CC1(C)C)C(c1ccccc1C(=O)N(C)CCCC(=O)O)=c1cc2c(cc1C3(C)C)=[N+](Cc1ccccc1S(=O)(=O)O)C(C)(C)C=C2CS(=O)(=O)O.O=S(=O)=O.O=S(=O)=O. The highest BCUT2D eigenvalue weighted by atomic mass is 32.2. The Morgan fingerprint density at radius 1 is 0.761 bits per heavy atom. The molecule has 0 bridgehead atoms. The van der Waals surface area contributed by atoms with E-state index in [4.69, 9.17) is 25.3 Å². The number of carboxylic acid groups (broad SMARTS) is 1. The number of carboxylic acids is 1. The van der Waals surface area contributed by atoms with Gasteiger partial charge in [0.15, 0.2) is 12.1 Å². The smallest absolute Gasteiger partial charge is 0.425 e. The minimum atomic E-state index is -4.61. The molecule has 0 radical (unpaired) electrons. The van der Waals surface area contributed by atoms with Crippen molar-refractivity contribution in [2.45, 2.75) is 96.2 Å². The number of fused-ring (bicyclic) bond motifs is 4. The van der Waals surface area contributed by atoms with Gasteiger partial charge in [0, 0.05) is 74.3 Å². The largest absolute Gasteiger partial charge is 0.481 e. The van der Waals surface area contributed by atoms with Gasteiger partial charge in [-0.05, 0) is 115 Å². The second kappa shape index (κ2) is 20.9. The number of benzene rings is 4. The third-order valence-corrected chi connectivity index (χ3v) is 14.5. The van der Waals surface area contributed by atoms with Crippen LogP contribution in [0.25, 0.3) is 16.7 Å². The normalized spacial score (nSPS) is 15.9. The Kier molecular flexibility index (Phi) is 16.4. The van der Waals surface area contributed by atoms with E-state index in [1.54, 1.807) is 37.4 Å². The summed E-state index contributed by atoms with van der Waals surface area (Å²) >= 11 is 0. The van der Waals surface area contributed by atoms with Crippen molar-refractivity contribution < 1.29 is 65.9 Å². The second-order valence-electron chi connectivity index (χ2n) is 19.0. The molecule has 4 aromatic rings. The van der Waals surface area contributed by atoms with Gasteiger partial charge in [0.1, 0.15) is 10.6 Å². The Morgan fingerprint density at radius 3 is 1.93 bits per heavy atom. The third-order valence-electron chi connectivity index (χ3n) is 12.9. The summed E-state index contributed by atoms with van der Waals surface area (Å²) in [6, 6.07) is 21.9. The molecule has 380 valence electrons. The number of amides is 1. The predicted molar refractivity (Wildman–Crippen MR) is 266 cm³/mol. The van der Waals surface area contributed by atoms with Crippen LogP contribution in [0, 0.1) is 0 Å².